The molecule has 0 atom stereocenters. The lowest BCUT2D eigenvalue weighted by molar-refractivity contribution is -0.124. The zero-order valence-electron chi connectivity index (χ0n) is 8.88. The van der Waals surface area contributed by atoms with Gasteiger partial charge in [0, 0.05) is 18.4 Å². The molecule has 0 aliphatic carbocycles. The molecule has 0 radical (unpaired) electrons. The van der Waals surface area contributed by atoms with Crippen LogP contribution in [0.4, 0.5) is 0 Å². The van der Waals surface area contributed by atoms with Crippen LogP contribution >= 0.6 is 0 Å². The number of hydrogen-bond acceptors (Lipinski definition) is 4. The van der Waals surface area contributed by atoms with Gasteiger partial charge in [-0.3, -0.25) is 14.8 Å². The lowest BCUT2D eigenvalue weighted by atomic mass is 10.1. The summed E-state index contributed by atoms with van der Waals surface area (Å²) in [4.78, 5) is 22.2. The number of nitrogens with zero attached hydrogens (tertiary/aromatic N) is 1. The van der Waals surface area contributed by atoms with E-state index < -0.39 is 5.91 Å². The van der Waals surface area contributed by atoms with Crippen LogP contribution in [0.5, 0.6) is 0 Å². The number of amides is 2. The maximum atomic E-state index is 11.4. The first kappa shape index (κ1) is 12.6. The fraction of sp³-hybridized carbons (Fsp3) is 0. The molecule has 3 N–H and O–H groups in total. The van der Waals surface area contributed by atoms with Crippen LogP contribution in [0.15, 0.2) is 35.4 Å². The molecule has 0 aromatic heterocycles. The Morgan fingerprint density at radius 1 is 1.41 bits per heavy atom. The molecule has 0 bridgehead atoms. The standard InChI is InChI=1S/C11H11N3O3/c1-12-13-11(16)9-4-2-3-8(7-9)5-6-10(15)14-17/h2-7,17H,1H2,(H,13,16)(H,14,15). The average molecular weight is 233 g/mol. The van der Waals surface area contributed by atoms with E-state index in [-0.39, 0.29) is 5.91 Å². The highest BCUT2D eigenvalue weighted by Crippen LogP contribution is 2.07. The number of benzene rings is 1. The largest absolute Gasteiger partial charge is 0.288 e. The molecule has 1 aromatic carbocycles. The molecule has 1 rings (SSSR count). The summed E-state index contributed by atoms with van der Waals surface area (Å²) >= 11 is 0. The number of hydrazone groups is 1. The van der Waals surface area contributed by atoms with Crippen LogP contribution in [0.1, 0.15) is 15.9 Å². The van der Waals surface area contributed by atoms with Crippen LogP contribution in [-0.4, -0.2) is 23.7 Å². The topological polar surface area (TPSA) is 90.8 Å². The van der Waals surface area contributed by atoms with Gasteiger partial charge >= 0.3 is 0 Å². The average Bonchev–Trinajstić information content (AvgIpc) is 2.36. The van der Waals surface area contributed by atoms with E-state index in [1.807, 2.05) is 0 Å². The SMILES string of the molecule is C=NNC(=O)c1cccc(C=CC(=O)NO)c1. The molecule has 6 nitrogen and oxygen atoms in total. The second-order valence-electron chi connectivity index (χ2n) is 3.03. The molecule has 1 aromatic rings. The Hall–Kier alpha value is -2.47. The Kier molecular flexibility index (Phi) is 4.58. The number of hydrogen-bond donors (Lipinski definition) is 3. The van der Waals surface area contributed by atoms with Gasteiger partial charge in [0.25, 0.3) is 11.8 Å². The predicted octanol–water partition coefficient (Wildman–Crippen LogP) is 0.551. The van der Waals surface area contributed by atoms with E-state index >= 15 is 0 Å². The van der Waals surface area contributed by atoms with Gasteiger partial charge < -0.3 is 0 Å². The molecule has 0 aliphatic rings. The summed E-state index contributed by atoms with van der Waals surface area (Å²) in [5.41, 5.74) is 4.70. The monoisotopic (exact) mass is 233 g/mol. The van der Waals surface area contributed by atoms with Crippen molar-refractivity contribution >= 4 is 24.6 Å². The second-order valence-corrected chi connectivity index (χ2v) is 3.03. The van der Waals surface area contributed by atoms with Crippen molar-refractivity contribution in [1.29, 1.82) is 0 Å². The highest BCUT2D eigenvalue weighted by Gasteiger charge is 2.03. The van der Waals surface area contributed by atoms with E-state index in [4.69, 9.17) is 5.21 Å². The van der Waals surface area contributed by atoms with Gasteiger partial charge in [0.1, 0.15) is 0 Å². The summed E-state index contributed by atoms with van der Waals surface area (Å²) in [6.45, 7) is 3.14. The summed E-state index contributed by atoms with van der Waals surface area (Å²) < 4.78 is 0. The van der Waals surface area contributed by atoms with Crippen molar-refractivity contribution in [3.63, 3.8) is 0 Å². The molecular formula is C11H11N3O3. The van der Waals surface area contributed by atoms with E-state index in [0.29, 0.717) is 11.1 Å². The Balaban J connectivity index is 2.86. The zero-order chi connectivity index (χ0) is 12.7. The third kappa shape index (κ3) is 3.88. The van der Waals surface area contributed by atoms with Crippen LogP contribution in [0.2, 0.25) is 0 Å². The van der Waals surface area contributed by atoms with Crippen molar-refractivity contribution in [2.24, 2.45) is 5.10 Å². The number of hydroxylamine groups is 1. The molecule has 6 heteroatoms. The molecule has 0 unspecified atom stereocenters. The maximum absolute atomic E-state index is 11.4. The van der Waals surface area contributed by atoms with Crippen LogP contribution < -0.4 is 10.9 Å². The van der Waals surface area contributed by atoms with Gasteiger partial charge in [-0.2, -0.15) is 5.10 Å². The molecule has 88 valence electrons. The lowest BCUT2D eigenvalue weighted by Gasteiger charge is -2.00. The third-order valence-corrected chi connectivity index (χ3v) is 1.87. The van der Waals surface area contributed by atoms with E-state index in [1.54, 1.807) is 24.3 Å². The minimum atomic E-state index is -0.646. The summed E-state index contributed by atoms with van der Waals surface area (Å²) in [7, 11) is 0. The van der Waals surface area contributed by atoms with Crippen molar-refractivity contribution in [2.75, 3.05) is 0 Å². The number of rotatable bonds is 4. The summed E-state index contributed by atoms with van der Waals surface area (Å²) in [5, 5.41) is 11.6. The number of nitrogens with one attached hydrogen (secondary N) is 2. The summed E-state index contributed by atoms with van der Waals surface area (Å²) in [6.07, 6.45) is 2.60. The van der Waals surface area contributed by atoms with E-state index in [2.05, 4.69) is 17.2 Å². The minimum Gasteiger partial charge on any atom is -0.288 e. The highest BCUT2D eigenvalue weighted by atomic mass is 16.5. The number of carbonyl (C=O) groups excluding carboxylic acids is 2. The van der Waals surface area contributed by atoms with Gasteiger partial charge in [-0.15, -0.1) is 0 Å². The van der Waals surface area contributed by atoms with Crippen LogP contribution in [0.3, 0.4) is 0 Å². The van der Waals surface area contributed by atoms with Crippen molar-refractivity contribution in [1.82, 2.24) is 10.9 Å². The van der Waals surface area contributed by atoms with Crippen molar-refractivity contribution < 1.29 is 14.8 Å². The summed E-state index contributed by atoms with van der Waals surface area (Å²) in [6, 6.07) is 6.54. The fourth-order valence-corrected chi connectivity index (χ4v) is 1.13. The number of carbonyl (C=O) groups is 2. The Morgan fingerprint density at radius 3 is 2.82 bits per heavy atom. The molecule has 0 fully saturated rings. The van der Waals surface area contributed by atoms with E-state index in [0.717, 1.165) is 6.08 Å². The zero-order valence-corrected chi connectivity index (χ0v) is 8.88. The minimum absolute atomic E-state index is 0.387. The van der Waals surface area contributed by atoms with Gasteiger partial charge in [0.05, 0.1) is 0 Å². The predicted molar refractivity (Wildman–Crippen MR) is 62.4 cm³/mol. The Labute approximate surface area is 97.6 Å². The van der Waals surface area contributed by atoms with Crippen molar-refractivity contribution in [3.8, 4) is 0 Å². The first-order chi connectivity index (χ1) is 8.17. The van der Waals surface area contributed by atoms with Gasteiger partial charge in [-0.25, -0.2) is 10.9 Å². The molecule has 0 saturated carbocycles. The molecule has 0 aliphatic heterocycles. The Bertz CT molecular complexity index is 469. The van der Waals surface area contributed by atoms with Gasteiger partial charge in [-0.05, 0) is 23.8 Å². The lowest BCUT2D eigenvalue weighted by Crippen LogP contribution is -2.16. The molecule has 0 spiro atoms. The Morgan fingerprint density at radius 2 is 2.18 bits per heavy atom. The molecular weight excluding hydrogens is 222 g/mol. The van der Waals surface area contributed by atoms with Crippen LogP contribution in [0.25, 0.3) is 6.08 Å². The smallest absolute Gasteiger partial charge is 0.271 e. The first-order valence-electron chi connectivity index (χ1n) is 4.65. The van der Waals surface area contributed by atoms with Gasteiger partial charge in [0.2, 0.25) is 0 Å². The van der Waals surface area contributed by atoms with E-state index in [9.17, 15) is 9.59 Å². The van der Waals surface area contributed by atoms with Crippen molar-refractivity contribution in [2.45, 2.75) is 0 Å². The third-order valence-electron chi connectivity index (χ3n) is 1.87. The molecule has 0 heterocycles. The molecule has 0 saturated heterocycles. The van der Waals surface area contributed by atoms with E-state index in [1.165, 1.54) is 11.6 Å². The van der Waals surface area contributed by atoms with Crippen LogP contribution in [0, 0.1) is 0 Å². The fourth-order valence-electron chi connectivity index (χ4n) is 1.13. The first-order valence-corrected chi connectivity index (χ1v) is 4.65. The molecule has 2 amide bonds. The summed E-state index contributed by atoms with van der Waals surface area (Å²) in [5.74, 6) is -1.03. The normalized spacial score (nSPS) is 9.94. The van der Waals surface area contributed by atoms with Crippen molar-refractivity contribution in [3.05, 3.63) is 41.5 Å². The molecule has 17 heavy (non-hydrogen) atoms. The second kappa shape index (κ2) is 6.19. The quantitative estimate of drug-likeness (QED) is 0.307. The highest BCUT2D eigenvalue weighted by molar-refractivity contribution is 5.95. The van der Waals surface area contributed by atoms with Gasteiger partial charge in [0.15, 0.2) is 0 Å². The van der Waals surface area contributed by atoms with Gasteiger partial charge in [-0.1, -0.05) is 12.1 Å². The maximum Gasteiger partial charge on any atom is 0.271 e. The van der Waals surface area contributed by atoms with Crippen LogP contribution in [-0.2, 0) is 4.79 Å².